The average Bonchev–Trinajstić information content (AvgIpc) is 2.62. The van der Waals surface area contributed by atoms with Crippen molar-refractivity contribution in [3.63, 3.8) is 0 Å². The molecule has 0 radical (unpaired) electrons. The van der Waals surface area contributed by atoms with E-state index >= 15 is 0 Å². The number of carboxylic acid groups (broad SMARTS) is 2. The maximum absolute atomic E-state index is 11.4. The van der Waals surface area contributed by atoms with Crippen molar-refractivity contribution in [3.05, 3.63) is 78.4 Å². The van der Waals surface area contributed by atoms with Gasteiger partial charge in [-0.05, 0) is 28.7 Å². The quantitative estimate of drug-likeness (QED) is 0.839. The summed E-state index contributed by atoms with van der Waals surface area (Å²) in [5.41, 5.74) is 1.96. The molecule has 0 unspecified atom stereocenters. The summed E-state index contributed by atoms with van der Waals surface area (Å²) in [5.74, 6) is -2.70. The van der Waals surface area contributed by atoms with Crippen LogP contribution in [0.4, 0.5) is 0 Å². The van der Waals surface area contributed by atoms with Gasteiger partial charge < -0.3 is 10.2 Å². The maximum Gasteiger partial charge on any atom is 0.325 e. The van der Waals surface area contributed by atoms with Gasteiger partial charge in [0, 0.05) is 0 Å². The molecule has 4 heteroatoms. The first-order chi connectivity index (χ1) is 11.5. The van der Waals surface area contributed by atoms with E-state index in [9.17, 15) is 19.8 Å². The Morgan fingerprint density at radius 3 is 1.96 bits per heavy atom. The zero-order valence-electron chi connectivity index (χ0n) is 12.8. The molecule has 0 heterocycles. The van der Waals surface area contributed by atoms with Gasteiger partial charge in [0.25, 0.3) is 0 Å². The van der Waals surface area contributed by atoms with Gasteiger partial charge in [-0.25, -0.2) is 0 Å². The second-order valence-electron chi connectivity index (χ2n) is 5.69. The number of hydrogen-bond donors (Lipinski definition) is 2. The molecule has 0 fully saturated rings. The summed E-state index contributed by atoms with van der Waals surface area (Å²) < 4.78 is 0. The summed E-state index contributed by atoms with van der Waals surface area (Å²) >= 11 is 0. The SMILES string of the molecule is O=C(O)C1(C(=O)O)C=CC(c2ccccc2-c2ccccc2)=CC1. The molecule has 2 aromatic carbocycles. The van der Waals surface area contributed by atoms with E-state index in [2.05, 4.69) is 0 Å². The van der Waals surface area contributed by atoms with Crippen molar-refractivity contribution in [1.82, 2.24) is 0 Å². The highest BCUT2D eigenvalue weighted by Crippen LogP contribution is 2.37. The van der Waals surface area contributed by atoms with Crippen molar-refractivity contribution in [2.24, 2.45) is 5.41 Å². The summed E-state index contributed by atoms with van der Waals surface area (Å²) in [7, 11) is 0. The molecule has 1 aliphatic rings. The van der Waals surface area contributed by atoms with Gasteiger partial charge in [-0.15, -0.1) is 0 Å². The van der Waals surface area contributed by atoms with Crippen LogP contribution in [0.15, 0.2) is 72.8 Å². The van der Waals surface area contributed by atoms with E-state index in [1.165, 1.54) is 6.08 Å². The summed E-state index contributed by atoms with van der Waals surface area (Å²) in [6, 6.07) is 17.7. The Kier molecular flexibility index (Phi) is 4.04. The van der Waals surface area contributed by atoms with Crippen LogP contribution < -0.4 is 0 Å². The van der Waals surface area contributed by atoms with E-state index in [0.717, 1.165) is 22.3 Å². The lowest BCUT2D eigenvalue weighted by atomic mass is 9.78. The lowest BCUT2D eigenvalue weighted by Crippen LogP contribution is -2.38. The fraction of sp³-hybridized carbons (Fsp3) is 0.100. The molecule has 0 spiro atoms. The summed E-state index contributed by atoms with van der Waals surface area (Å²) in [5, 5.41) is 18.6. The number of rotatable bonds is 4. The van der Waals surface area contributed by atoms with Gasteiger partial charge in [-0.3, -0.25) is 9.59 Å². The largest absolute Gasteiger partial charge is 0.480 e. The number of allylic oxidation sites excluding steroid dienone is 3. The van der Waals surface area contributed by atoms with Crippen molar-refractivity contribution in [2.45, 2.75) is 6.42 Å². The Morgan fingerprint density at radius 1 is 0.833 bits per heavy atom. The molecule has 0 saturated carbocycles. The van der Waals surface area contributed by atoms with Gasteiger partial charge in [0.2, 0.25) is 0 Å². The predicted octanol–water partition coefficient (Wildman–Crippen LogP) is 3.85. The van der Waals surface area contributed by atoms with Crippen molar-refractivity contribution >= 4 is 17.5 Å². The maximum atomic E-state index is 11.4. The van der Waals surface area contributed by atoms with Crippen LogP contribution in [0.1, 0.15) is 12.0 Å². The zero-order valence-corrected chi connectivity index (χ0v) is 12.8. The highest BCUT2D eigenvalue weighted by Gasteiger charge is 2.44. The Hall–Kier alpha value is -3.14. The van der Waals surface area contributed by atoms with Crippen molar-refractivity contribution in [1.29, 1.82) is 0 Å². The first kappa shape index (κ1) is 15.7. The lowest BCUT2D eigenvalue weighted by molar-refractivity contribution is -0.160. The third-order valence-corrected chi connectivity index (χ3v) is 4.28. The van der Waals surface area contributed by atoms with Crippen LogP contribution in [0.2, 0.25) is 0 Å². The second kappa shape index (κ2) is 6.16. The number of aliphatic carboxylic acids is 2. The minimum Gasteiger partial charge on any atom is -0.480 e. The topological polar surface area (TPSA) is 74.6 Å². The molecule has 2 aromatic rings. The van der Waals surface area contributed by atoms with E-state index in [1.54, 1.807) is 12.2 Å². The minimum atomic E-state index is -1.88. The molecule has 2 N–H and O–H groups in total. The van der Waals surface area contributed by atoms with Crippen molar-refractivity contribution in [3.8, 4) is 11.1 Å². The van der Waals surface area contributed by atoms with Crippen LogP contribution in [0.5, 0.6) is 0 Å². The van der Waals surface area contributed by atoms with Gasteiger partial charge in [-0.1, -0.05) is 72.8 Å². The Bertz CT molecular complexity index is 833. The van der Waals surface area contributed by atoms with E-state index in [1.807, 2.05) is 54.6 Å². The fourth-order valence-corrected chi connectivity index (χ4v) is 2.85. The predicted molar refractivity (Wildman–Crippen MR) is 91.3 cm³/mol. The molecule has 3 rings (SSSR count). The van der Waals surface area contributed by atoms with Crippen molar-refractivity contribution in [2.75, 3.05) is 0 Å². The number of carboxylic acids is 2. The molecule has 0 bridgehead atoms. The molecule has 1 aliphatic carbocycles. The fourth-order valence-electron chi connectivity index (χ4n) is 2.85. The third-order valence-electron chi connectivity index (χ3n) is 4.28. The Labute approximate surface area is 139 Å². The molecule has 0 saturated heterocycles. The highest BCUT2D eigenvalue weighted by atomic mass is 16.4. The standard InChI is InChI=1S/C20H16O4/c21-18(22)20(19(23)24)12-10-15(11-13-20)17-9-5-4-8-16(17)14-6-2-1-3-7-14/h1-12H,13H2,(H,21,22)(H,23,24). The first-order valence-electron chi connectivity index (χ1n) is 7.55. The minimum absolute atomic E-state index is 0.0768. The van der Waals surface area contributed by atoms with Gasteiger partial charge in [0.1, 0.15) is 0 Å². The van der Waals surface area contributed by atoms with Crippen LogP contribution in [-0.4, -0.2) is 22.2 Å². The van der Waals surface area contributed by atoms with Gasteiger partial charge in [-0.2, -0.15) is 0 Å². The highest BCUT2D eigenvalue weighted by molar-refractivity contribution is 6.02. The molecule has 4 nitrogen and oxygen atoms in total. The molecular formula is C20H16O4. The average molecular weight is 320 g/mol. The Morgan fingerprint density at radius 2 is 1.42 bits per heavy atom. The molecule has 0 aromatic heterocycles. The van der Waals surface area contributed by atoms with Gasteiger partial charge in [0.05, 0.1) is 0 Å². The molecule has 120 valence electrons. The van der Waals surface area contributed by atoms with Crippen LogP contribution in [0.3, 0.4) is 0 Å². The monoisotopic (exact) mass is 320 g/mol. The smallest absolute Gasteiger partial charge is 0.325 e. The number of carbonyl (C=O) groups is 2. The van der Waals surface area contributed by atoms with Crippen molar-refractivity contribution < 1.29 is 19.8 Å². The summed E-state index contributed by atoms with van der Waals surface area (Å²) in [4.78, 5) is 22.8. The zero-order chi connectivity index (χ0) is 17.2. The molecule has 0 atom stereocenters. The molecule has 0 aliphatic heterocycles. The third kappa shape index (κ3) is 2.63. The second-order valence-corrected chi connectivity index (χ2v) is 5.69. The van der Waals surface area contributed by atoms with E-state index in [0.29, 0.717) is 0 Å². The molecule has 24 heavy (non-hydrogen) atoms. The van der Waals surface area contributed by atoms with Crippen LogP contribution in [-0.2, 0) is 9.59 Å². The van der Waals surface area contributed by atoms with Gasteiger partial charge in [0.15, 0.2) is 5.41 Å². The number of benzene rings is 2. The van der Waals surface area contributed by atoms with E-state index in [-0.39, 0.29) is 6.42 Å². The molecular weight excluding hydrogens is 304 g/mol. The van der Waals surface area contributed by atoms with Crippen LogP contribution in [0.25, 0.3) is 16.7 Å². The summed E-state index contributed by atoms with van der Waals surface area (Å²) in [6.07, 6.45) is 4.47. The van der Waals surface area contributed by atoms with Crippen LogP contribution >= 0.6 is 0 Å². The molecule has 0 amide bonds. The Balaban J connectivity index is 2.02. The normalized spacial score (nSPS) is 15.6. The number of hydrogen-bond acceptors (Lipinski definition) is 2. The van der Waals surface area contributed by atoms with E-state index < -0.39 is 17.4 Å². The van der Waals surface area contributed by atoms with Crippen LogP contribution in [0, 0.1) is 5.41 Å². The first-order valence-corrected chi connectivity index (χ1v) is 7.55. The lowest BCUT2D eigenvalue weighted by Gasteiger charge is -2.24. The van der Waals surface area contributed by atoms with E-state index in [4.69, 9.17) is 0 Å². The van der Waals surface area contributed by atoms with Gasteiger partial charge >= 0.3 is 11.9 Å². The summed E-state index contributed by atoms with van der Waals surface area (Å²) in [6.45, 7) is 0.